The maximum Gasteiger partial charge on any atom is 0.354 e. The molecule has 0 aliphatic rings. The fourth-order valence-electron chi connectivity index (χ4n) is 1.50. The number of pyridine rings is 1. The van der Waals surface area contributed by atoms with Gasteiger partial charge in [0, 0.05) is 5.02 Å². The number of halogens is 1. The third-order valence-electron chi connectivity index (χ3n) is 2.41. The highest BCUT2D eigenvalue weighted by Gasteiger charge is 2.13. The number of nitrogens with zero attached hydrogens (tertiary/aromatic N) is 1. The number of rotatable bonds is 3. The Balaban J connectivity index is 2.25. The standard InChI is InChI=1S/C13H9ClN2O4/c14-7-4-5-10(17)8(6-7)12(18)16-11-3-1-2-9(15-11)13(19)20/h1-6,17H,(H,19,20)(H,15,16,18). The summed E-state index contributed by atoms with van der Waals surface area (Å²) in [7, 11) is 0. The van der Waals surface area contributed by atoms with Crippen molar-refractivity contribution in [3.05, 3.63) is 52.7 Å². The maximum atomic E-state index is 12.0. The molecule has 1 amide bonds. The summed E-state index contributed by atoms with van der Waals surface area (Å²) in [5, 5.41) is 21.1. The molecule has 0 spiro atoms. The Morgan fingerprint density at radius 1 is 1.20 bits per heavy atom. The monoisotopic (exact) mass is 292 g/mol. The van der Waals surface area contributed by atoms with Gasteiger partial charge in [0.1, 0.15) is 11.6 Å². The Morgan fingerprint density at radius 2 is 1.95 bits per heavy atom. The Labute approximate surface area is 118 Å². The number of hydrogen-bond acceptors (Lipinski definition) is 4. The van der Waals surface area contributed by atoms with Gasteiger partial charge in [-0.15, -0.1) is 0 Å². The zero-order valence-electron chi connectivity index (χ0n) is 10.0. The van der Waals surface area contributed by atoms with Gasteiger partial charge in [-0.3, -0.25) is 4.79 Å². The number of nitrogens with one attached hydrogen (secondary N) is 1. The van der Waals surface area contributed by atoms with E-state index in [0.29, 0.717) is 5.02 Å². The number of anilines is 1. The van der Waals surface area contributed by atoms with Crippen LogP contribution in [0.3, 0.4) is 0 Å². The van der Waals surface area contributed by atoms with Crippen molar-refractivity contribution in [3.8, 4) is 5.75 Å². The van der Waals surface area contributed by atoms with Crippen LogP contribution in [0.25, 0.3) is 0 Å². The molecule has 3 N–H and O–H groups in total. The Morgan fingerprint density at radius 3 is 2.65 bits per heavy atom. The van der Waals surface area contributed by atoms with E-state index in [0.717, 1.165) is 0 Å². The van der Waals surface area contributed by atoms with Crippen LogP contribution in [0.5, 0.6) is 5.75 Å². The lowest BCUT2D eigenvalue weighted by Gasteiger charge is -2.07. The lowest BCUT2D eigenvalue weighted by atomic mass is 10.2. The highest BCUT2D eigenvalue weighted by molar-refractivity contribution is 6.31. The van der Waals surface area contributed by atoms with E-state index in [1.165, 1.54) is 36.4 Å². The number of carbonyl (C=O) groups is 2. The third-order valence-corrected chi connectivity index (χ3v) is 2.65. The van der Waals surface area contributed by atoms with E-state index in [-0.39, 0.29) is 22.8 Å². The van der Waals surface area contributed by atoms with E-state index < -0.39 is 11.9 Å². The van der Waals surface area contributed by atoms with Crippen molar-refractivity contribution < 1.29 is 19.8 Å². The highest BCUT2D eigenvalue weighted by Crippen LogP contribution is 2.22. The van der Waals surface area contributed by atoms with Crippen LogP contribution in [0.1, 0.15) is 20.8 Å². The van der Waals surface area contributed by atoms with Crippen LogP contribution in [0.2, 0.25) is 5.02 Å². The third kappa shape index (κ3) is 3.04. The number of benzene rings is 1. The number of hydrogen-bond donors (Lipinski definition) is 3. The van der Waals surface area contributed by atoms with Gasteiger partial charge in [0.2, 0.25) is 0 Å². The molecule has 0 bridgehead atoms. The molecule has 2 rings (SSSR count). The molecule has 20 heavy (non-hydrogen) atoms. The second-order valence-electron chi connectivity index (χ2n) is 3.83. The molecular formula is C13H9ClN2O4. The summed E-state index contributed by atoms with van der Waals surface area (Å²) in [4.78, 5) is 26.5. The number of aromatic hydroxyl groups is 1. The van der Waals surface area contributed by atoms with E-state index >= 15 is 0 Å². The molecule has 1 heterocycles. The average Bonchev–Trinajstić information content (AvgIpc) is 2.41. The van der Waals surface area contributed by atoms with E-state index in [9.17, 15) is 14.7 Å². The fraction of sp³-hybridized carbons (Fsp3) is 0. The van der Waals surface area contributed by atoms with Gasteiger partial charge in [-0.05, 0) is 30.3 Å². The molecule has 0 saturated carbocycles. The maximum absolute atomic E-state index is 12.0. The molecule has 0 aliphatic carbocycles. The lowest BCUT2D eigenvalue weighted by Crippen LogP contribution is -2.14. The van der Waals surface area contributed by atoms with Gasteiger partial charge in [-0.2, -0.15) is 0 Å². The first-order valence-corrected chi connectivity index (χ1v) is 5.85. The normalized spacial score (nSPS) is 10.1. The molecule has 0 aliphatic heterocycles. The number of aromatic carboxylic acids is 1. The van der Waals surface area contributed by atoms with Gasteiger partial charge in [0.25, 0.3) is 5.91 Å². The molecule has 7 heteroatoms. The predicted molar refractivity (Wildman–Crippen MR) is 72.3 cm³/mol. The number of phenols is 1. The van der Waals surface area contributed by atoms with Crippen molar-refractivity contribution in [1.29, 1.82) is 0 Å². The van der Waals surface area contributed by atoms with E-state index in [1.807, 2.05) is 0 Å². The molecule has 0 fully saturated rings. The van der Waals surface area contributed by atoms with Crippen LogP contribution in [-0.2, 0) is 0 Å². The van der Waals surface area contributed by atoms with E-state index in [4.69, 9.17) is 16.7 Å². The van der Waals surface area contributed by atoms with Gasteiger partial charge < -0.3 is 15.5 Å². The molecule has 1 aromatic heterocycles. The summed E-state index contributed by atoms with van der Waals surface area (Å²) in [6.45, 7) is 0. The number of carboxylic acids is 1. The number of aromatic nitrogens is 1. The quantitative estimate of drug-likeness (QED) is 0.806. The minimum atomic E-state index is -1.20. The Kier molecular flexibility index (Phi) is 3.86. The average molecular weight is 293 g/mol. The minimum absolute atomic E-state index is 0.0278. The zero-order chi connectivity index (χ0) is 14.7. The number of amides is 1. The van der Waals surface area contributed by atoms with Crippen molar-refractivity contribution in [1.82, 2.24) is 4.98 Å². The fourth-order valence-corrected chi connectivity index (χ4v) is 1.67. The molecule has 6 nitrogen and oxygen atoms in total. The largest absolute Gasteiger partial charge is 0.507 e. The van der Waals surface area contributed by atoms with Crippen molar-refractivity contribution in [2.45, 2.75) is 0 Å². The van der Waals surface area contributed by atoms with Crippen LogP contribution in [0.4, 0.5) is 5.82 Å². The second-order valence-corrected chi connectivity index (χ2v) is 4.27. The zero-order valence-corrected chi connectivity index (χ0v) is 10.8. The molecule has 0 radical (unpaired) electrons. The summed E-state index contributed by atoms with van der Waals surface area (Å²) in [6, 6.07) is 8.22. The SMILES string of the molecule is O=C(O)c1cccc(NC(=O)c2cc(Cl)ccc2O)n1. The first-order chi connectivity index (χ1) is 9.47. The van der Waals surface area contributed by atoms with Crippen LogP contribution >= 0.6 is 11.6 Å². The molecule has 102 valence electrons. The lowest BCUT2D eigenvalue weighted by molar-refractivity contribution is 0.0690. The molecule has 1 aromatic carbocycles. The van der Waals surface area contributed by atoms with Crippen LogP contribution < -0.4 is 5.32 Å². The summed E-state index contributed by atoms with van der Waals surface area (Å²) < 4.78 is 0. The first kappa shape index (κ1) is 13.8. The summed E-state index contributed by atoms with van der Waals surface area (Å²) in [5.41, 5.74) is -0.224. The van der Waals surface area contributed by atoms with Crippen molar-refractivity contribution in [2.75, 3.05) is 5.32 Å². The van der Waals surface area contributed by atoms with Gasteiger partial charge in [-0.1, -0.05) is 17.7 Å². The van der Waals surface area contributed by atoms with Gasteiger partial charge in [0.15, 0.2) is 5.69 Å². The molecule has 2 aromatic rings. The molecular weight excluding hydrogens is 284 g/mol. The summed E-state index contributed by atoms with van der Waals surface area (Å²) in [5.74, 6) is -2.01. The Bertz CT molecular complexity index is 688. The van der Waals surface area contributed by atoms with Crippen molar-refractivity contribution in [2.24, 2.45) is 0 Å². The predicted octanol–water partition coefficient (Wildman–Crippen LogP) is 2.39. The summed E-state index contributed by atoms with van der Waals surface area (Å²) in [6.07, 6.45) is 0. The second kappa shape index (κ2) is 5.58. The topological polar surface area (TPSA) is 99.5 Å². The molecule has 0 unspecified atom stereocenters. The van der Waals surface area contributed by atoms with Crippen LogP contribution in [0.15, 0.2) is 36.4 Å². The molecule has 0 saturated heterocycles. The smallest absolute Gasteiger partial charge is 0.354 e. The van der Waals surface area contributed by atoms with Crippen LogP contribution in [0, 0.1) is 0 Å². The van der Waals surface area contributed by atoms with Gasteiger partial charge >= 0.3 is 5.97 Å². The van der Waals surface area contributed by atoms with E-state index in [1.54, 1.807) is 0 Å². The highest BCUT2D eigenvalue weighted by atomic mass is 35.5. The van der Waals surface area contributed by atoms with Crippen molar-refractivity contribution >= 4 is 29.3 Å². The first-order valence-electron chi connectivity index (χ1n) is 5.47. The summed E-state index contributed by atoms with van der Waals surface area (Å²) >= 11 is 5.75. The molecule has 0 atom stereocenters. The van der Waals surface area contributed by atoms with Crippen molar-refractivity contribution in [3.63, 3.8) is 0 Å². The number of carbonyl (C=O) groups excluding carboxylic acids is 1. The minimum Gasteiger partial charge on any atom is -0.507 e. The number of phenolic OH excluding ortho intramolecular Hbond substituents is 1. The van der Waals surface area contributed by atoms with Crippen LogP contribution in [-0.4, -0.2) is 27.1 Å². The van der Waals surface area contributed by atoms with E-state index in [2.05, 4.69) is 10.3 Å². The Hall–Kier alpha value is -2.60. The van der Waals surface area contributed by atoms with Gasteiger partial charge in [0.05, 0.1) is 5.56 Å². The number of carboxylic acid groups (broad SMARTS) is 1. The van der Waals surface area contributed by atoms with Gasteiger partial charge in [-0.25, -0.2) is 9.78 Å².